The lowest BCUT2D eigenvalue weighted by atomic mass is 9.81. The van der Waals surface area contributed by atoms with Crippen molar-refractivity contribution in [3.8, 4) is 0 Å². The van der Waals surface area contributed by atoms with Crippen LogP contribution in [0.5, 0.6) is 0 Å². The predicted molar refractivity (Wildman–Crippen MR) is 97.0 cm³/mol. The molecule has 140 valence electrons. The molecule has 2 heterocycles. The molecule has 3 fully saturated rings. The van der Waals surface area contributed by atoms with Crippen molar-refractivity contribution < 1.29 is 18.0 Å². The van der Waals surface area contributed by atoms with Crippen LogP contribution in [-0.2, 0) is 19.6 Å². The molecule has 2 atom stereocenters. The lowest BCUT2D eigenvalue weighted by molar-refractivity contribution is -0.122. The minimum absolute atomic E-state index is 0.133. The molecule has 7 heteroatoms. The van der Waals surface area contributed by atoms with Crippen molar-refractivity contribution in [1.82, 2.24) is 4.31 Å². The summed E-state index contributed by atoms with van der Waals surface area (Å²) in [7, 11) is -3.51. The molecule has 0 spiro atoms. The SMILES string of the molecule is O=C1[C@@H]2CCCC[C@H]2C(=O)N1c1ccc(S(=O)(=O)N2CCCCC2)cc1. The van der Waals surface area contributed by atoms with Crippen molar-refractivity contribution >= 4 is 27.5 Å². The van der Waals surface area contributed by atoms with Crippen molar-refractivity contribution in [3.05, 3.63) is 24.3 Å². The fraction of sp³-hybridized carbons (Fsp3) is 0.579. The van der Waals surface area contributed by atoms with Gasteiger partial charge in [-0.2, -0.15) is 4.31 Å². The topological polar surface area (TPSA) is 74.8 Å². The van der Waals surface area contributed by atoms with E-state index in [4.69, 9.17) is 0 Å². The maximum atomic E-state index is 12.7. The Labute approximate surface area is 154 Å². The average Bonchev–Trinajstić information content (AvgIpc) is 2.94. The van der Waals surface area contributed by atoms with Gasteiger partial charge in [0.1, 0.15) is 0 Å². The van der Waals surface area contributed by atoms with Crippen LogP contribution in [0.25, 0.3) is 0 Å². The first-order chi connectivity index (χ1) is 12.5. The number of nitrogens with zero attached hydrogens (tertiary/aromatic N) is 2. The van der Waals surface area contributed by atoms with Gasteiger partial charge in [-0.1, -0.05) is 19.3 Å². The number of anilines is 1. The standard InChI is InChI=1S/C19H24N2O4S/c22-18-16-6-2-3-7-17(16)19(23)21(18)14-8-10-15(11-9-14)26(24,25)20-12-4-1-5-13-20/h8-11,16-17H,1-7,12-13H2/t16-,17-/m1/s1. The molecule has 2 amide bonds. The molecule has 0 bridgehead atoms. The Morgan fingerprint density at radius 2 is 1.31 bits per heavy atom. The highest BCUT2D eigenvalue weighted by molar-refractivity contribution is 7.89. The lowest BCUT2D eigenvalue weighted by Gasteiger charge is -2.26. The summed E-state index contributed by atoms with van der Waals surface area (Å²) in [5, 5.41) is 0. The Bertz CT molecular complexity index is 788. The summed E-state index contributed by atoms with van der Waals surface area (Å²) in [6, 6.07) is 6.21. The molecule has 1 saturated carbocycles. The number of carbonyl (C=O) groups excluding carboxylic acids is 2. The van der Waals surface area contributed by atoms with E-state index in [0.29, 0.717) is 18.8 Å². The Morgan fingerprint density at radius 3 is 1.85 bits per heavy atom. The number of sulfonamides is 1. The highest BCUT2D eigenvalue weighted by atomic mass is 32.2. The number of fused-ring (bicyclic) bond motifs is 1. The van der Waals surface area contributed by atoms with Gasteiger partial charge in [0.15, 0.2) is 0 Å². The van der Waals surface area contributed by atoms with Crippen LogP contribution in [0.3, 0.4) is 0 Å². The van der Waals surface area contributed by atoms with Crippen LogP contribution in [-0.4, -0.2) is 37.6 Å². The second-order valence-corrected chi connectivity index (χ2v) is 9.41. The van der Waals surface area contributed by atoms with Crippen LogP contribution in [0.15, 0.2) is 29.2 Å². The molecule has 0 unspecified atom stereocenters. The van der Waals surface area contributed by atoms with Gasteiger partial charge in [-0.3, -0.25) is 14.5 Å². The van der Waals surface area contributed by atoms with Gasteiger partial charge in [-0.25, -0.2) is 8.42 Å². The van der Waals surface area contributed by atoms with E-state index in [2.05, 4.69) is 0 Å². The van der Waals surface area contributed by atoms with Crippen LogP contribution in [0.1, 0.15) is 44.9 Å². The zero-order valence-corrected chi connectivity index (χ0v) is 15.6. The number of carbonyl (C=O) groups is 2. The first-order valence-corrected chi connectivity index (χ1v) is 10.9. The van der Waals surface area contributed by atoms with E-state index in [1.165, 1.54) is 21.3 Å². The molecule has 26 heavy (non-hydrogen) atoms. The lowest BCUT2D eigenvalue weighted by Crippen LogP contribution is -2.35. The van der Waals surface area contributed by atoms with E-state index in [0.717, 1.165) is 44.9 Å². The van der Waals surface area contributed by atoms with Crippen LogP contribution in [0.4, 0.5) is 5.69 Å². The number of hydrogen-bond donors (Lipinski definition) is 0. The first kappa shape index (κ1) is 17.7. The third-order valence-corrected chi connectivity index (χ3v) is 7.80. The first-order valence-electron chi connectivity index (χ1n) is 9.48. The van der Waals surface area contributed by atoms with Crippen LogP contribution >= 0.6 is 0 Å². The molecule has 6 nitrogen and oxygen atoms in total. The minimum atomic E-state index is -3.51. The zero-order chi connectivity index (χ0) is 18.3. The van der Waals surface area contributed by atoms with E-state index >= 15 is 0 Å². The Kier molecular flexibility index (Phi) is 4.61. The maximum absolute atomic E-state index is 12.7. The number of imide groups is 1. The number of hydrogen-bond acceptors (Lipinski definition) is 4. The van der Waals surface area contributed by atoms with Crippen LogP contribution < -0.4 is 4.90 Å². The number of piperidine rings is 1. The van der Waals surface area contributed by atoms with E-state index < -0.39 is 10.0 Å². The summed E-state index contributed by atoms with van der Waals surface area (Å²) < 4.78 is 27.0. The third-order valence-electron chi connectivity index (χ3n) is 5.89. The molecule has 1 aliphatic carbocycles. The monoisotopic (exact) mass is 376 g/mol. The van der Waals surface area contributed by atoms with E-state index in [-0.39, 0.29) is 28.5 Å². The van der Waals surface area contributed by atoms with Crippen molar-refractivity contribution in [2.45, 2.75) is 49.8 Å². The third kappa shape index (κ3) is 2.87. The highest BCUT2D eigenvalue weighted by Gasteiger charge is 2.48. The van der Waals surface area contributed by atoms with Gasteiger partial charge in [-0.15, -0.1) is 0 Å². The molecular weight excluding hydrogens is 352 g/mol. The summed E-state index contributed by atoms with van der Waals surface area (Å²) >= 11 is 0. The Hall–Kier alpha value is -1.73. The van der Waals surface area contributed by atoms with Gasteiger partial charge in [0.2, 0.25) is 21.8 Å². The number of benzene rings is 1. The molecule has 4 rings (SSSR count). The van der Waals surface area contributed by atoms with Crippen LogP contribution in [0.2, 0.25) is 0 Å². The molecule has 2 aliphatic heterocycles. The predicted octanol–water partition coefficient (Wildman–Crippen LogP) is 2.54. The van der Waals surface area contributed by atoms with Gasteiger partial charge in [0.25, 0.3) is 0 Å². The summed E-state index contributed by atoms with van der Waals surface area (Å²) in [6.07, 6.45) is 6.35. The second-order valence-electron chi connectivity index (χ2n) is 7.47. The van der Waals surface area contributed by atoms with E-state index in [1.54, 1.807) is 12.1 Å². The smallest absolute Gasteiger partial charge is 0.243 e. The zero-order valence-electron chi connectivity index (χ0n) is 14.8. The van der Waals surface area contributed by atoms with Gasteiger partial charge < -0.3 is 0 Å². The largest absolute Gasteiger partial charge is 0.274 e. The van der Waals surface area contributed by atoms with Gasteiger partial charge in [0, 0.05) is 13.1 Å². The average molecular weight is 376 g/mol. The molecular formula is C19H24N2O4S. The van der Waals surface area contributed by atoms with E-state index in [9.17, 15) is 18.0 Å². The van der Waals surface area contributed by atoms with Crippen molar-refractivity contribution in [2.24, 2.45) is 11.8 Å². The van der Waals surface area contributed by atoms with Gasteiger partial charge >= 0.3 is 0 Å². The Balaban J connectivity index is 1.58. The molecule has 1 aromatic rings. The van der Waals surface area contributed by atoms with Gasteiger partial charge in [0.05, 0.1) is 22.4 Å². The Morgan fingerprint density at radius 1 is 0.769 bits per heavy atom. The molecule has 0 N–H and O–H groups in total. The molecule has 3 aliphatic rings. The number of amides is 2. The molecule has 2 saturated heterocycles. The maximum Gasteiger partial charge on any atom is 0.243 e. The van der Waals surface area contributed by atoms with Crippen molar-refractivity contribution in [3.63, 3.8) is 0 Å². The summed E-state index contributed by atoms with van der Waals surface area (Å²) in [5.41, 5.74) is 0.479. The van der Waals surface area contributed by atoms with Gasteiger partial charge in [-0.05, 0) is 49.9 Å². The second kappa shape index (κ2) is 6.78. The van der Waals surface area contributed by atoms with Crippen molar-refractivity contribution in [2.75, 3.05) is 18.0 Å². The van der Waals surface area contributed by atoms with E-state index in [1.807, 2.05) is 0 Å². The normalized spacial score (nSPS) is 27.6. The summed E-state index contributed by atoms with van der Waals surface area (Å²) in [6.45, 7) is 1.10. The molecule has 0 aromatic heterocycles. The number of rotatable bonds is 3. The fourth-order valence-electron chi connectivity index (χ4n) is 4.44. The van der Waals surface area contributed by atoms with Crippen molar-refractivity contribution in [1.29, 1.82) is 0 Å². The molecule has 1 aromatic carbocycles. The summed E-state index contributed by atoms with van der Waals surface area (Å²) in [5.74, 6) is -0.668. The quantitative estimate of drug-likeness (QED) is 0.760. The molecule has 0 radical (unpaired) electrons. The van der Waals surface area contributed by atoms with Crippen LogP contribution in [0, 0.1) is 11.8 Å². The minimum Gasteiger partial charge on any atom is -0.274 e. The summed E-state index contributed by atoms with van der Waals surface area (Å²) in [4.78, 5) is 26.8. The fourth-order valence-corrected chi connectivity index (χ4v) is 5.96. The highest BCUT2D eigenvalue weighted by Crippen LogP contribution is 2.40.